The molecule has 2 rings (SSSR count). The fraction of sp³-hybridized carbons (Fsp3) is 0.867. The molecular formula is C15H27N3O. The Balaban J connectivity index is 1.91. The smallest absolute Gasteiger partial charge is 0.222 e. The fourth-order valence-corrected chi connectivity index (χ4v) is 2.69. The maximum absolute atomic E-state index is 5.88. The Morgan fingerprint density at radius 2 is 1.84 bits per heavy atom. The molecule has 0 bridgehead atoms. The molecule has 1 aromatic rings. The van der Waals surface area contributed by atoms with E-state index in [1.54, 1.807) is 0 Å². The zero-order chi connectivity index (χ0) is 13.9. The predicted octanol–water partition coefficient (Wildman–Crippen LogP) is 3.22. The van der Waals surface area contributed by atoms with Crippen molar-refractivity contribution in [2.24, 2.45) is 0 Å². The first-order chi connectivity index (χ1) is 8.89. The van der Waals surface area contributed by atoms with Gasteiger partial charge in [0.2, 0.25) is 11.8 Å². The lowest BCUT2D eigenvalue weighted by molar-refractivity contribution is 0.251. The van der Waals surface area contributed by atoms with Crippen molar-refractivity contribution in [3.8, 4) is 0 Å². The van der Waals surface area contributed by atoms with Crippen molar-refractivity contribution >= 4 is 0 Å². The highest BCUT2D eigenvalue weighted by Gasteiger charge is 2.34. The molecule has 0 saturated heterocycles. The number of nitrogens with one attached hydrogen (secondary N) is 1. The summed E-state index contributed by atoms with van der Waals surface area (Å²) in [6, 6.07) is 0. The van der Waals surface area contributed by atoms with Gasteiger partial charge in [0.25, 0.3) is 0 Å². The van der Waals surface area contributed by atoms with Gasteiger partial charge in [0, 0.05) is 23.9 Å². The maximum atomic E-state index is 5.88. The molecule has 0 aliphatic heterocycles. The van der Waals surface area contributed by atoms with Gasteiger partial charge in [0.1, 0.15) is 0 Å². The Kier molecular flexibility index (Phi) is 4.29. The van der Waals surface area contributed by atoms with Crippen molar-refractivity contribution in [2.45, 2.75) is 77.2 Å². The van der Waals surface area contributed by atoms with Gasteiger partial charge >= 0.3 is 0 Å². The van der Waals surface area contributed by atoms with Crippen LogP contribution in [0.15, 0.2) is 4.42 Å². The van der Waals surface area contributed by atoms with Gasteiger partial charge in [0.15, 0.2) is 0 Å². The summed E-state index contributed by atoms with van der Waals surface area (Å²) in [5.41, 5.74) is 0.249. The third-order valence-corrected chi connectivity index (χ3v) is 3.93. The molecule has 0 spiro atoms. The Bertz CT molecular complexity index is 400. The largest absolute Gasteiger partial charge is 0.425 e. The minimum Gasteiger partial charge on any atom is -0.425 e. The molecule has 1 aliphatic rings. The molecule has 0 unspecified atom stereocenters. The van der Waals surface area contributed by atoms with Crippen LogP contribution in [0.25, 0.3) is 0 Å². The minimum atomic E-state index is 0.112. The van der Waals surface area contributed by atoms with Gasteiger partial charge in [0.05, 0.1) is 0 Å². The van der Waals surface area contributed by atoms with E-state index in [1.807, 2.05) is 0 Å². The summed E-state index contributed by atoms with van der Waals surface area (Å²) < 4.78 is 5.88. The van der Waals surface area contributed by atoms with Crippen LogP contribution in [0.1, 0.15) is 71.6 Å². The number of hydrogen-bond acceptors (Lipinski definition) is 4. The first kappa shape index (κ1) is 14.5. The van der Waals surface area contributed by atoms with Crippen LogP contribution in [0, 0.1) is 0 Å². The van der Waals surface area contributed by atoms with Crippen LogP contribution in [-0.4, -0.2) is 22.3 Å². The highest BCUT2D eigenvalue weighted by Crippen LogP contribution is 2.38. The molecule has 19 heavy (non-hydrogen) atoms. The van der Waals surface area contributed by atoms with E-state index in [9.17, 15) is 0 Å². The lowest BCUT2D eigenvalue weighted by Gasteiger charge is -2.29. The average molecular weight is 265 g/mol. The summed E-state index contributed by atoms with van der Waals surface area (Å²) in [6.07, 6.45) is 7.05. The highest BCUT2D eigenvalue weighted by molar-refractivity contribution is 5.03. The minimum absolute atomic E-state index is 0.112. The summed E-state index contributed by atoms with van der Waals surface area (Å²) in [4.78, 5) is 0. The van der Waals surface area contributed by atoms with E-state index >= 15 is 0 Å². The normalized spacial score (nSPS) is 19.6. The van der Waals surface area contributed by atoms with Gasteiger partial charge in [-0.15, -0.1) is 10.2 Å². The van der Waals surface area contributed by atoms with Crippen LogP contribution in [0.2, 0.25) is 0 Å². The molecule has 108 valence electrons. The van der Waals surface area contributed by atoms with Gasteiger partial charge in [-0.05, 0) is 33.6 Å². The SMILES string of the molecule is CC(C)(C)NCCc1nnc(C2(C)CCCCC2)o1. The van der Waals surface area contributed by atoms with Crippen LogP contribution in [-0.2, 0) is 11.8 Å². The zero-order valence-electron chi connectivity index (χ0n) is 12.8. The number of aromatic nitrogens is 2. The molecule has 1 N–H and O–H groups in total. The van der Waals surface area contributed by atoms with Crippen molar-refractivity contribution in [3.63, 3.8) is 0 Å². The summed E-state index contributed by atoms with van der Waals surface area (Å²) in [6.45, 7) is 9.62. The Morgan fingerprint density at radius 1 is 1.16 bits per heavy atom. The number of nitrogens with zero attached hydrogens (tertiary/aromatic N) is 2. The predicted molar refractivity (Wildman–Crippen MR) is 76.2 cm³/mol. The van der Waals surface area contributed by atoms with Gasteiger partial charge in [-0.2, -0.15) is 0 Å². The standard InChI is InChI=1S/C15H27N3O/c1-14(2,3)16-11-8-12-17-18-13(19-12)15(4)9-6-5-7-10-15/h16H,5-11H2,1-4H3. The third-order valence-electron chi connectivity index (χ3n) is 3.93. The molecule has 0 aromatic carbocycles. The van der Waals surface area contributed by atoms with Crippen LogP contribution in [0.4, 0.5) is 0 Å². The van der Waals surface area contributed by atoms with Crippen molar-refractivity contribution in [1.82, 2.24) is 15.5 Å². The molecule has 1 fully saturated rings. The van der Waals surface area contributed by atoms with E-state index in [0.717, 1.165) is 24.7 Å². The van der Waals surface area contributed by atoms with E-state index in [4.69, 9.17) is 4.42 Å². The maximum Gasteiger partial charge on any atom is 0.222 e. The van der Waals surface area contributed by atoms with Crippen molar-refractivity contribution < 1.29 is 4.42 Å². The van der Waals surface area contributed by atoms with Gasteiger partial charge < -0.3 is 9.73 Å². The third kappa shape index (κ3) is 4.03. The summed E-state index contributed by atoms with van der Waals surface area (Å²) in [5, 5.41) is 11.9. The van der Waals surface area contributed by atoms with Gasteiger partial charge in [-0.3, -0.25) is 0 Å². The fourth-order valence-electron chi connectivity index (χ4n) is 2.69. The Labute approximate surface area is 116 Å². The van der Waals surface area contributed by atoms with Crippen LogP contribution in [0.3, 0.4) is 0 Å². The second kappa shape index (κ2) is 5.61. The molecule has 1 saturated carbocycles. The van der Waals surface area contributed by atoms with E-state index < -0.39 is 0 Å². The molecule has 1 aromatic heterocycles. The zero-order valence-corrected chi connectivity index (χ0v) is 12.8. The van der Waals surface area contributed by atoms with E-state index in [1.165, 1.54) is 32.1 Å². The molecule has 1 heterocycles. The van der Waals surface area contributed by atoms with E-state index in [2.05, 4.69) is 43.2 Å². The lowest BCUT2D eigenvalue weighted by atomic mass is 9.76. The van der Waals surface area contributed by atoms with Crippen LogP contribution < -0.4 is 5.32 Å². The number of hydrogen-bond donors (Lipinski definition) is 1. The lowest BCUT2D eigenvalue weighted by Crippen LogP contribution is -2.37. The second-order valence-corrected chi connectivity index (χ2v) is 7.05. The van der Waals surface area contributed by atoms with Crippen molar-refractivity contribution in [3.05, 3.63) is 11.8 Å². The van der Waals surface area contributed by atoms with Crippen molar-refractivity contribution in [2.75, 3.05) is 6.54 Å². The van der Waals surface area contributed by atoms with Crippen molar-refractivity contribution in [1.29, 1.82) is 0 Å². The number of rotatable bonds is 4. The molecule has 0 amide bonds. The van der Waals surface area contributed by atoms with Gasteiger partial charge in [-0.1, -0.05) is 26.2 Å². The summed E-state index contributed by atoms with van der Waals surface area (Å²) in [7, 11) is 0. The van der Waals surface area contributed by atoms with E-state index in [0.29, 0.717) is 0 Å². The average Bonchev–Trinajstić information content (AvgIpc) is 2.78. The van der Waals surface area contributed by atoms with Crippen LogP contribution in [0.5, 0.6) is 0 Å². The quantitative estimate of drug-likeness (QED) is 0.908. The first-order valence-corrected chi connectivity index (χ1v) is 7.47. The summed E-state index contributed by atoms with van der Waals surface area (Å²) >= 11 is 0. The highest BCUT2D eigenvalue weighted by atomic mass is 16.4. The Morgan fingerprint density at radius 3 is 2.47 bits per heavy atom. The molecule has 4 nitrogen and oxygen atoms in total. The monoisotopic (exact) mass is 265 g/mol. The van der Waals surface area contributed by atoms with Gasteiger partial charge in [-0.25, -0.2) is 0 Å². The molecule has 0 radical (unpaired) electrons. The topological polar surface area (TPSA) is 51.0 Å². The second-order valence-electron chi connectivity index (χ2n) is 7.05. The Hall–Kier alpha value is -0.900. The summed E-state index contributed by atoms with van der Waals surface area (Å²) in [5.74, 6) is 1.61. The molecule has 4 heteroatoms. The first-order valence-electron chi connectivity index (χ1n) is 7.47. The molecular weight excluding hydrogens is 238 g/mol. The molecule has 0 atom stereocenters. The molecule has 1 aliphatic carbocycles. The van der Waals surface area contributed by atoms with E-state index in [-0.39, 0.29) is 11.0 Å². The van der Waals surface area contributed by atoms with Crippen LogP contribution >= 0.6 is 0 Å².